The zero-order chi connectivity index (χ0) is 19.9. The smallest absolute Gasteiger partial charge is 0.268 e. The van der Waals surface area contributed by atoms with Gasteiger partial charge in [-0.25, -0.2) is 12.4 Å². The summed E-state index contributed by atoms with van der Waals surface area (Å²) < 4.78 is 33.4. The standard InChI is InChI=1S/C19H20N4O4S/c1-12(9-20-2)14-10-23(16-4-3-7-21-19(14)16)28(25,26)13-5-6-15-17(8-13)27-11-18(24)22-15/h3-8,10,12,20H,9,11H2,1-2H3,(H,22,24). The maximum Gasteiger partial charge on any atom is 0.268 e. The van der Waals surface area contributed by atoms with Crippen LogP contribution in [0.3, 0.4) is 0 Å². The van der Waals surface area contributed by atoms with E-state index in [-0.39, 0.29) is 23.3 Å². The summed E-state index contributed by atoms with van der Waals surface area (Å²) in [6, 6.07) is 7.88. The van der Waals surface area contributed by atoms with E-state index >= 15 is 0 Å². The molecule has 0 radical (unpaired) electrons. The van der Waals surface area contributed by atoms with Gasteiger partial charge in [-0.2, -0.15) is 0 Å². The summed E-state index contributed by atoms with van der Waals surface area (Å²) in [5.41, 5.74) is 2.50. The number of nitrogens with one attached hydrogen (secondary N) is 2. The van der Waals surface area contributed by atoms with Crippen molar-refractivity contribution in [2.75, 3.05) is 25.5 Å². The molecule has 1 aromatic carbocycles. The molecule has 9 heteroatoms. The number of anilines is 1. The first-order valence-electron chi connectivity index (χ1n) is 8.84. The number of carbonyl (C=O) groups excluding carboxylic acids is 1. The van der Waals surface area contributed by atoms with Crippen LogP contribution in [0, 0.1) is 0 Å². The highest BCUT2D eigenvalue weighted by atomic mass is 32.2. The molecule has 1 unspecified atom stereocenters. The second-order valence-corrected chi connectivity index (χ2v) is 8.52. The van der Waals surface area contributed by atoms with E-state index in [1.807, 2.05) is 14.0 Å². The fourth-order valence-electron chi connectivity index (χ4n) is 3.36. The van der Waals surface area contributed by atoms with E-state index < -0.39 is 10.0 Å². The summed E-state index contributed by atoms with van der Waals surface area (Å²) in [5.74, 6) is 0.147. The second-order valence-electron chi connectivity index (χ2n) is 6.71. The number of amides is 1. The Bertz CT molecular complexity index is 1170. The molecule has 0 bridgehead atoms. The first-order valence-corrected chi connectivity index (χ1v) is 10.3. The van der Waals surface area contributed by atoms with Gasteiger partial charge in [0, 0.05) is 30.6 Å². The molecule has 1 atom stereocenters. The van der Waals surface area contributed by atoms with Crippen LogP contribution >= 0.6 is 0 Å². The van der Waals surface area contributed by atoms with Gasteiger partial charge in [0.25, 0.3) is 15.9 Å². The van der Waals surface area contributed by atoms with Crippen LogP contribution in [0.4, 0.5) is 5.69 Å². The first-order chi connectivity index (χ1) is 13.4. The van der Waals surface area contributed by atoms with Crippen LogP contribution in [0.15, 0.2) is 47.6 Å². The van der Waals surface area contributed by atoms with Crippen LogP contribution in [0.25, 0.3) is 11.0 Å². The summed E-state index contributed by atoms with van der Waals surface area (Å²) in [6.45, 7) is 2.58. The molecule has 2 aromatic heterocycles. The van der Waals surface area contributed by atoms with Crippen LogP contribution in [0.5, 0.6) is 5.75 Å². The van der Waals surface area contributed by atoms with E-state index in [4.69, 9.17) is 4.74 Å². The fourth-order valence-corrected chi connectivity index (χ4v) is 4.74. The van der Waals surface area contributed by atoms with Crippen LogP contribution < -0.4 is 15.4 Å². The first kappa shape index (κ1) is 18.5. The van der Waals surface area contributed by atoms with Crippen LogP contribution in [-0.4, -0.2) is 43.5 Å². The topological polar surface area (TPSA) is 102 Å². The van der Waals surface area contributed by atoms with Gasteiger partial charge >= 0.3 is 0 Å². The van der Waals surface area contributed by atoms with Crippen LogP contribution in [0.1, 0.15) is 18.4 Å². The fraction of sp³-hybridized carbons (Fsp3) is 0.263. The Morgan fingerprint density at radius 2 is 2.18 bits per heavy atom. The van der Waals surface area contributed by atoms with E-state index in [9.17, 15) is 13.2 Å². The maximum absolute atomic E-state index is 13.4. The van der Waals surface area contributed by atoms with Crippen molar-refractivity contribution >= 4 is 32.7 Å². The largest absolute Gasteiger partial charge is 0.482 e. The van der Waals surface area contributed by atoms with Gasteiger partial charge in [0.2, 0.25) is 0 Å². The Morgan fingerprint density at radius 3 is 2.96 bits per heavy atom. The molecule has 0 fully saturated rings. The highest BCUT2D eigenvalue weighted by Crippen LogP contribution is 2.33. The number of pyridine rings is 1. The lowest BCUT2D eigenvalue weighted by Gasteiger charge is -2.18. The molecule has 28 heavy (non-hydrogen) atoms. The average molecular weight is 400 g/mol. The predicted molar refractivity (Wildman–Crippen MR) is 105 cm³/mol. The molecule has 4 rings (SSSR count). The lowest BCUT2D eigenvalue weighted by atomic mass is 10.0. The van der Waals surface area contributed by atoms with Crippen molar-refractivity contribution in [3.63, 3.8) is 0 Å². The SMILES string of the molecule is CNCC(C)c1cn(S(=O)(=O)c2ccc3c(c2)OCC(=O)N3)c2cccnc12. The van der Waals surface area contributed by atoms with Gasteiger partial charge in [0.15, 0.2) is 6.61 Å². The molecule has 1 amide bonds. The number of nitrogens with zero attached hydrogens (tertiary/aromatic N) is 2. The summed E-state index contributed by atoms with van der Waals surface area (Å²) in [4.78, 5) is 15.9. The molecule has 2 N–H and O–H groups in total. The quantitative estimate of drug-likeness (QED) is 0.678. The van der Waals surface area contributed by atoms with Crippen molar-refractivity contribution in [3.8, 4) is 5.75 Å². The summed E-state index contributed by atoms with van der Waals surface area (Å²) in [6.07, 6.45) is 3.29. The highest BCUT2D eigenvalue weighted by molar-refractivity contribution is 7.90. The van der Waals surface area contributed by atoms with E-state index in [1.165, 1.54) is 22.2 Å². The van der Waals surface area contributed by atoms with Crippen molar-refractivity contribution in [1.82, 2.24) is 14.3 Å². The zero-order valence-corrected chi connectivity index (χ0v) is 16.3. The molecule has 3 aromatic rings. The number of fused-ring (bicyclic) bond motifs is 2. The van der Waals surface area contributed by atoms with Gasteiger partial charge in [-0.3, -0.25) is 9.78 Å². The molecule has 1 aliphatic rings. The maximum atomic E-state index is 13.4. The number of hydrogen-bond donors (Lipinski definition) is 2. The lowest BCUT2D eigenvalue weighted by molar-refractivity contribution is -0.118. The lowest BCUT2D eigenvalue weighted by Crippen LogP contribution is -2.25. The minimum Gasteiger partial charge on any atom is -0.482 e. The Hall–Kier alpha value is -2.91. The molecule has 0 spiro atoms. The van der Waals surface area contributed by atoms with E-state index in [0.29, 0.717) is 29.0 Å². The van der Waals surface area contributed by atoms with Gasteiger partial charge in [0.1, 0.15) is 5.75 Å². The number of ether oxygens (including phenoxy) is 1. The van der Waals surface area contributed by atoms with Gasteiger partial charge in [-0.05, 0) is 37.2 Å². The molecule has 0 saturated carbocycles. The number of likely N-dealkylation sites (N-methyl/N-ethyl adjacent to an activating group) is 1. The zero-order valence-electron chi connectivity index (χ0n) is 15.5. The van der Waals surface area contributed by atoms with Crippen molar-refractivity contribution in [1.29, 1.82) is 0 Å². The second kappa shape index (κ2) is 6.92. The summed E-state index contributed by atoms with van der Waals surface area (Å²) in [7, 11) is -2.02. The number of aromatic nitrogens is 2. The number of hydrogen-bond acceptors (Lipinski definition) is 6. The third-order valence-electron chi connectivity index (χ3n) is 4.74. The van der Waals surface area contributed by atoms with Crippen LogP contribution in [0.2, 0.25) is 0 Å². The minimum absolute atomic E-state index is 0.0796. The van der Waals surface area contributed by atoms with Crippen molar-refractivity contribution in [2.24, 2.45) is 0 Å². The number of benzene rings is 1. The molecule has 0 saturated heterocycles. The monoisotopic (exact) mass is 400 g/mol. The molecule has 8 nitrogen and oxygen atoms in total. The summed E-state index contributed by atoms with van der Waals surface area (Å²) in [5, 5.41) is 5.77. The Morgan fingerprint density at radius 1 is 1.36 bits per heavy atom. The van der Waals surface area contributed by atoms with Crippen molar-refractivity contribution in [3.05, 3.63) is 48.3 Å². The third kappa shape index (κ3) is 3.02. The molecular formula is C19H20N4O4S. The molecule has 1 aliphatic heterocycles. The van der Waals surface area contributed by atoms with Gasteiger partial charge in [-0.1, -0.05) is 6.92 Å². The third-order valence-corrected chi connectivity index (χ3v) is 6.41. The van der Waals surface area contributed by atoms with E-state index in [2.05, 4.69) is 15.6 Å². The van der Waals surface area contributed by atoms with Crippen LogP contribution in [-0.2, 0) is 14.8 Å². The van der Waals surface area contributed by atoms with E-state index in [0.717, 1.165) is 5.56 Å². The van der Waals surface area contributed by atoms with E-state index in [1.54, 1.807) is 24.5 Å². The number of rotatable bonds is 5. The van der Waals surface area contributed by atoms with Gasteiger partial charge in [0.05, 0.1) is 21.6 Å². The minimum atomic E-state index is -3.88. The highest BCUT2D eigenvalue weighted by Gasteiger charge is 2.26. The van der Waals surface area contributed by atoms with Crippen molar-refractivity contribution < 1.29 is 17.9 Å². The Balaban J connectivity index is 1.84. The van der Waals surface area contributed by atoms with Gasteiger partial charge < -0.3 is 15.4 Å². The Labute approximate surface area is 162 Å². The molecule has 146 valence electrons. The Kier molecular flexibility index (Phi) is 4.56. The molecule has 3 heterocycles. The predicted octanol–water partition coefficient (Wildman–Crippen LogP) is 1.93. The van der Waals surface area contributed by atoms with Gasteiger partial charge in [-0.15, -0.1) is 0 Å². The van der Waals surface area contributed by atoms with Crippen molar-refractivity contribution in [2.45, 2.75) is 17.7 Å². The molecule has 0 aliphatic carbocycles. The molecular weight excluding hydrogens is 380 g/mol. The summed E-state index contributed by atoms with van der Waals surface area (Å²) >= 11 is 0. The number of carbonyl (C=O) groups is 1. The normalized spacial score (nSPS) is 15.0. The average Bonchev–Trinajstić information content (AvgIpc) is 3.08.